The van der Waals surface area contributed by atoms with Crippen molar-refractivity contribution in [2.24, 2.45) is 11.8 Å². The molecule has 10 nitrogen and oxygen atoms in total. The monoisotopic (exact) mass is 614 g/mol. The van der Waals surface area contributed by atoms with Gasteiger partial charge in [-0.1, -0.05) is 86.6 Å². The molecular weight excluding hydrogens is 572 g/mol. The van der Waals surface area contributed by atoms with Crippen LogP contribution in [0.25, 0.3) is 10.8 Å². The van der Waals surface area contributed by atoms with Gasteiger partial charge in [-0.3, -0.25) is 14.4 Å². The maximum absolute atomic E-state index is 13.8. The van der Waals surface area contributed by atoms with Gasteiger partial charge >= 0.3 is 6.09 Å². The maximum atomic E-state index is 13.8. The van der Waals surface area contributed by atoms with Gasteiger partial charge in [0.1, 0.15) is 18.4 Å². The fourth-order valence-corrected chi connectivity index (χ4v) is 5.57. The fourth-order valence-electron chi connectivity index (χ4n) is 5.57. The molecule has 4 rings (SSSR count). The molecule has 0 spiro atoms. The topological polar surface area (TPSA) is 143 Å². The second-order valence-corrected chi connectivity index (χ2v) is 11.9. The van der Waals surface area contributed by atoms with Gasteiger partial charge in [-0.15, -0.1) is 0 Å². The number of amides is 4. The minimum Gasteiger partial charge on any atom is -0.449 e. The van der Waals surface area contributed by atoms with Crippen LogP contribution in [0.1, 0.15) is 44.2 Å². The van der Waals surface area contributed by atoms with Gasteiger partial charge in [0.05, 0.1) is 12.6 Å². The number of aldehydes is 1. The molecule has 238 valence electrons. The summed E-state index contributed by atoms with van der Waals surface area (Å²) in [5.41, 5.74) is 1.86. The smallest absolute Gasteiger partial charge is 0.407 e. The highest BCUT2D eigenvalue weighted by molar-refractivity contribution is 5.93. The lowest BCUT2D eigenvalue weighted by Gasteiger charge is -2.26. The first-order chi connectivity index (χ1) is 21.7. The molecule has 1 aliphatic rings. The molecule has 4 atom stereocenters. The number of hydrogen-bond acceptors (Lipinski definition) is 6. The van der Waals surface area contributed by atoms with E-state index < -0.39 is 36.0 Å². The summed E-state index contributed by atoms with van der Waals surface area (Å²) < 4.78 is 5.43. The minimum atomic E-state index is -1.05. The third kappa shape index (κ3) is 9.89. The Balaban J connectivity index is 1.48. The first kappa shape index (κ1) is 33.2. The number of nitrogens with one attached hydrogen (secondary N) is 4. The summed E-state index contributed by atoms with van der Waals surface area (Å²) in [6.45, 7) is 4.50. The molecule has 4 amide bonds. The van der Waals surface area contributed by atoms with E-state index >= 15 is 0 Å². The van der Waals surface area contributed by atoms with Crippen LogP contribution in [-0.2, 0) is 36.8 Å². The number of benzene rings is 3. The summed E-state index contributed by atoms with van der Waals surface area (Å²) in [4.78, 5) is 64.0. The van der Waals surface area contributed by atoms with Crippen molar-refractivity contribution in [3.63, 3.8) is 0 Å². The van der Waals surface area contributed by atoms with E-state index in [9.17, 15) is 24.0 Å². The van der Waals surface area contributed by atoms with E-state index in [4.69, 9.17) is 4.74 Å². The van der Waals surface area contributed by atoms with Crippen LogP contribution in [0.3, 0.4) is 0 Å². The molecule has 45 heavy (non-hydrogen) atoms. The molecule has 0 aromatic heterocycles. The number of hydrogen-bond donors (Lipinski definition) is 4. The maximum Gasteiger partial charge on any atom is 0.407 e. The Morgan fingerprint density at radius 3 is 2.33 bits per heavy atom. The Bertz CT molecular complexity index is 1470. The Hall–Kier alpha value is -4.73. The first-order valence-corrected chi connectivity index (χ1v) is 15.5. The number of rotatable bonds is 15. The number of fused-ring (bicyclic) bond motifs is 1. The zero-order chi connectivity index (χ0) is 32.2. The first-order valence-electron chi connectivity index (χ1n) is 15.5. The van der Waals surface area contributed by atoms with E-state index in [1.54, 1.807) is 0 Å². The number of alkyl carbamates (subject to hydrolysis) is 1. The summed E-state index contributed by atoms with van der Waals surface area (Å²) in [7, 11) is 0. The number of carbonyl (C=O) groups is 5. The van der Waals surface area contributed by atoms with Crippen LogP contribution >= 0.6 is 0 Å². The van der Waals surface area contributed by atoms with Crippen molar-refractivity contribution in [2.75, 3.05) is 13.2 Å². The van der Waals surface area contributed by atoms with E-state index in [0.29, 0.717) is 32.1 Å². The van der Waals surface area contributed by atoms with Gasteiger partial charge in [0.15, 0.2) is 0 Å². The van der Waals surface area contributed by atoms with E-state index in [1.165, 1.54) is 0 Å². The lowest BCUT2D eigenvalue weighted by Crippen LogP contribution is -2.56. The SMILES string of the molecule is CC(C)C[C@H](NC(=O)[C@H](Cc1cccc2ccccc12)NC(=O)OCCc1ccccc1)C(=O)NC(C=O)C[C@@H]1CCNC1=O. The van der Waals surface area contributed by atoms with Crippen LogP contribution in [0.2, 0.25) is 0 Å². The van der Waals surface area contributed by atoms with Crippen LogP contribution in [0, 0.1) is 11.8 Å². The molecule has 0 bridgehead atoms. The van der Waals surface area contributed by atoms with Gasteiger partial charge in [-0.25, -0.2) is 4.79 Å². The fraction of sp³-hybridized carbons (Fsp3) is 0.400. The highest BCUT2D eigenvalue weighted by Gasteiger charge is 2.32. The molecule has 4 N–H and O–H groups in total. The summed E-state index contributed by atoms with van der Waals surface area (Å²) in [5, 5.41) is 12.9. The van der Waals surface area contributed by atoms with E-state index in [0.717, 1.165) is 21.9 Å². The second kappa shape index (κ2) is 16.4. The van der Waals surface area contributed by atoms with Crippen LogP contribution < -0.4 is 21.3 Å². The van der Waals surface area contributed by atoms with Crippen molar-refractivity contribution in [3.8, 4) is 0 Å². The van der Waals surface area contributed by atoms with Gasteiger partial charge in [0.2, 0.25) is 17.7 Å². The normalized spacial score (nSPS) is 16.3. The van der Waals surface area contributed by atoms with Gasteiger partial charge < -0.3 is 30.8 Å². The number of ether oxygens (including phenoxy) is 1. The van der Waals surface area contributed by atoms with Gasteiger partial charge in [0.25, 0.3) is 0 Å². The predicted molar refractivity (Wildman–Crippen MR) is 171 cm³/mol. The van der Waals surface area contributed by atoms with Crippen LogP contribution in [0.5, 0.6) is 0 Å². The Morgan fingerprint density at radius 1 is 0.911 bits per heavy atom. The van der Waals surface area contributed by atoms with Crippen LogP contribution in [0.4, 0.5) is 4.79 Å². The summed E-state index contributed by atoms with van der Waals surface area (Å²) in [6, 6.07) is 20.3. The Morgan fingerprint density at radius 2 is 1.62 bits per heavy atom. The molecule has 0 aliphatic carbocycles. The summed E-state index contributed by atoms with van der Waals surface area (Å²) >= 11 is 0. The van der Waals surface area contributed by atoms with Gasteiger partial charge in [0, 0.05) is 25.3 Å². The molecule has 1 heterocycles. The lowest BCUT2D eigenvalue weighted by molar-refractivity contribution is -0.131. The quantitative estimate of drug-likeness (QED) is 0.193. The average molecular weight is 615 g/mol. The standard InChI is InChI=1S/C35H42N4O6/c1-23(2)19-30(33(42)37-28(22-40)20-27-15-17-36-32(27)41)38-34(43)31(21-26-13-8-12-25-11-6-7-14-29(25)26)39-35(44)45-18-16-24-9-4-3-5-10-24/h3-14,22-23,27-28,30-31H,15-21H2,1-2H3,(H,36,41)(H,37,42)(H,38,43)(H,39,44)/t27-,28?,30-,31-/m0/s1. The van der Waals surface area contributed by atoms with Crippen molar-refractivity contribution >= 4 is 40.9 Å². The molecule has 3 aromatic carbocycles. The highest BCUT2D eigenvalue weighted by atomic mass is 16.5. The van der Waals surface area contributed by atoms with Crippen molar-refractivity contribution in [1.29, 1.82) is 0 Å². The van der Waals surface area contributed by atoms with Crippen LogP contribution in [-0.4, -0.2) is 61.4 Å². The summed E-state index contributed by atoms with van der Waals surface area (Å²) in [6.07, 6.45) is 1.63. The number of carbonyl (C=O) groups excluding carboxylic acids is 5. The van der Waals surface area contributed by atoms with Gasteiger partial charge in [-0.05, 0) is 47.1 Å². The predicted octanol–water partition coefficient (Wildman–Crippen LogP) is 3.46. The molecule has 0 radical (unpaired) electrons. The van der Waals surface area contributed by atoms with Crippen molar-refractivity contribution in [1.82, 2.24) is 21.3 Å². The van der Waals surface area contributed by atoms with E-state index in [1.807, 2.05) is 86.6 Å². The molecule has 10 heteroatoms. The highest BCUT2D eigenvalue weighted by Crippen LogP contribution is 2.20. The molecule has 1 unspecified atom stereocenters. The van der Waals surface area contributed by atoms with Crippen molar-refractivity contribution in [3.05, 3.63) is 83.9 Å². The molecular formula is C35H42N4O6. The second-order valence-electron chi connectivity index (χ2n) is 11.9. The average Bonchev–Trinajstić information content (AvgIpc) is 3.44. The largest absolute Gasteiger partial charge is 0.449 e. The molecule has 0 saturated carbocycles. The molecule has 3 aromatic rings. The third-order valence-corrected chi connectivity index (χ3v) is 7.91. The van der Waals surface area contributed by atoms with E-state index in [2.05, 4.69) is 21.3 Å². The van der Waals surface area contributed by atoms with Crippen LogP contribution in [0.15, 0.2) is 72.8 Å². The summed E-state index contributed by atoms with van der Waals surface area (Å²) in [5.74, 6) is -1.55. The van der Waals surface area contributed by atoms with Crippen molar-refractivity contribution < 1.29 is 28.7 Å². The zero-order valence-electron chi connectivity index (χ0n) is 25.8. The van der Waals surface area contributed by atoms with E-state index in [-0.39, 0.29) is 37.2 Å². The van der Waals surface area contributed by atoms with Crippen molar-refractivity contribution in [2.45, 2.75) is 64.1 Å². The Labute approximate surface area is 263 Å². The Kier molecular flexibility index (Phi) is 12.1. The molecule has 1 aliphatic heterocycles. The molecule has 1 fully saturated rings. The zero-order valence-corrected chi connectivity index (χ0v) is 25.8. The third-order valence-electron chi connectivity index (χ3n) is 7.91. The molecule has 1 saturated heterocycles. The minimum absolute atomic E-state index is 0.0313. The van der Waals surface area contributed by atoms with Gasteiger partial charge in [-0.2, -0.15) is 0 Å². The lowest BCUT2D eigenvalue weighted by atomic mass is 9.97.